The number of carbonyl (C=O) groups is 2. The summed E-state index contributed by atoms with van der Waals surface area (Å²) in [5.74, 6) is -2.08. The number of ketones is 1. The molecule has 0 rings (SSSR count). The van der Waals surface area contributed by atoms with E-state index in [0.29, 0.717) is 0 Å². The largest absolute Gasteiger partial charge is 0.476 e. The van der Waals surface area contributed by atoms with Gasteiger partial charge in [-0.05, 0) is 6.26 Å². The van der Waals surface area contributed by atoms with Crippen molar-refractivity contribution in [3.8, 4) is 0 Å². The molecule has 4 nitrogen and oxygen atoms in total. The third kappa shape index (κ3) is 10.4. The van der Waals surface area contributed by atoms with Gasteiger partial charge in [0.15, 0.2) is 0 Å². The summed E-state index contributed by atoms with van der Waals surface area (Å²) in [5.41, 5.74) is 0. The van der Waals surface area contributed by atoms with Gasteiger partial charge >= 0.3 is 5.97 Å². The third-order valence-corrected chi connectivity index (χ3v) is 0.560. The zero-order chi connectivity index (χ0) is 7.86. The fraction of sp³-hybridized carbons (Fsp3) is 0.600. The van der Waals surface area contributed by atoms with Crippen LogP contribution in [0.3, 0.4) is 0 Å². The first-order valence-electron chi connectivity index (χ1n) is 2.39. The van der Waals surface area contributed by atoms with E-state index in [1.807, 2.05) is 0 Å². The number of rotatable bonds is 2. The standard InChI is InChI=1S/C4H6O3.CH4S.H3N/c1-2-3(5)4(6)7;1-2;/h2H2,1H3,(H,6,7);2H,1H3;1H3. The fourth-order valence-corrected chi connectivity index (χ4v) is 0.151. The number of aliphatic carboxylic acids is 1. The number of hydrogen-bond donors (Lipinski definition) is 3. The molecule has 0 atom stereocenters. The molecule has 0 bridgehead atoms. The Kier molecular flexibility index (Phi) is 18.3. The highest BCUT2D eigenvalue weighted by Gasteiger charge is 2.05. The van der Waals surface area contributed by atoms with Gasteiger partial charge in [-0.1, -0.05) is 6.92 Å². The second kappa shape index (κ2) is 11.3. The van der Waals surface area contributed by atoms with Crippen LogP contribution in [-0.2, 0) is 9.59 Å². The number of Topliss-reactive ketones (excluding diaryl/α,β-unsaturated/α-hetero) is 1. The number of hydrogen-bond acceptors (Lipinski definition) is 4. The molecule has 0 aromatic carbocycles. The molecule has 0 radical (unpaired) electrons. The number of carboxylic acid groups (broad SMARTS) is 1. The van der Waals surface area contributed by atoms with Crippen LogP contribution in [0.2, 0.25) is 0 Å². The van der Waals surface area contributed by atoms with E-state index in [0.717, 1.165) is 0 Å². The van der Waals surface area contributed by atoms with Gasteiger partial charge in [-0.2, -0.15) is 12.6 Å². The van der Waals surface area contributed by atoms with Crippen molar-refractivity contribution in [3.05, 3.63) is 0 Å². The van der Waals surface area contributed by atoms with Crippen molar-refractivity contribution < 1.29 is 14.7 Å². The van der Waals surface area contributed by atoms with E-state index in [9.17, 15) is 9.59 Å². The van der Waals surface area contributed by atoms with Crippen LogP contribution in [0.1, 0.15) is 13.3 Å². The highest BCUT2D eigenvalue weighted by Crippen LogP contribution is 1.76. The molecule has 0 aliphatic rings. The number of carbonyl (C=O) groups excluding carboxylic acids is 1. The Morgan fingerprint density at radius 3 is 1.70 bits per heavy atom. The van der Waals surface area contributed by atoms with Gasteiger partial charge in [0, 0.05) is 6.42 Å². The van der Waals surface area contributed by atoms with Crippen molar-refractivity contribution in [3.63, 3.8) is 0 Å². The molecule has 0 saturated heterocycles. The monoisotopic (exact) mass is 167 g/mol. The van der Waals surface area contributed by atoms with E-state index in [4.69, 9.17) is 5.11 Å². The Bertz CT molecular complexity index is 105. The normalized spacial score (nSPS) is 6.30. The molecule has 0 aliphatic carbocycles. The summed E-state index contributed by atoms with van der Waals surface area (Å²) >= 11 is 3.53. The average molecular weight is 167 g/mol. The van der Waals surface area contributed by atoms with Crippen LogP contribution < -0.4 is 6.15 Å². The maximum absolute atomic E-state index is 9.91. The molecule has 10 heavy (non-hydrogen) atoms. The van der Waals surface area contributed by atoms with Gasteiger partial charge in [0.05, 0.1) is 0 Å². The molecule has 0 heterocycles. The maximum Gasteiger partial charge on any atom is 0.372 e. The van der Waals surface area contributed by atoms with Gasteiger partial charge in [-0.3, -0.25) is 4.79 Å². The molecule has 0 fully saturated rings. The van der Waals surface area contributed by atoms with Crippen molar-refractivity contribution in [2.75, 3.05) is 6.26 Å². The van der Waals surface area contributed by atoms with Crippen LogP contribution in [0, 0.1) is 0 Å². The summed E-state index contributed by atoms with van der Waals surface area (Å²) in [4.78, 5) is 19.5. The predicted molar refractivity (Wildman–Crippen MR) is 42.9 cm³/mol. The first-order valence-corrected chi connectivity index (χ1v) is 3.28. The van der Waals surface area contributed by atoms with Gasteiger partial charge < -0.3 is 11.3 Å². The predicted octanol–water partition coefficient (Wildman–Crippen LogP) is 0.758. The zero-order valence-electron chi connectivity index (χ0n) is 6.13. The molecule has 0 aliphatic heterocycles. The molecule has 0 aromatic rings. The van der Waals surface area contributed by atoms with Crippen LogP contribution in [0.25, 0.3) is 0 Å². The Morgan fingerprint density at radius 1 is 1.40 bits per heavy atom. The molecular formula is C5H13NO3S. The molecule has 4 N–H and O–H groups in total. The van der Waals surface area contributed by atoms with Gasteiger partial charge in [-0.15, -0.1) is 0 Å². The number of carboxylic acids is 1. The van der Waals surface area contributed by atoms with Crippen LogP contribution in [0.5, 0.6) is 0 Å². The van der Waals surface area contributed by atoms with E-state index in [1.165, 1.54) is 6.92 Å². The van der Waals surface area contributed by atoms with Gasteiger partial charge in [-0.25, -0.2) is 4.79 Å². The van der Waals surface area contributed by atoms with Crippen molar-refractivity contribution in [1.82, 2.24) is 6.15 Å². The Hall–Kier alpha value is -0.550. The summed E-state index contributed by atoms with van der Waals surface area (Å²) in [6.07, 6.45) is 1.77. The summed E-state index contributed by atoms with van der Waals surface area (Å²) < 4.78 is 0. The molecule has 0 amide bonds. The van der Waals surface area contributed by atoms with Gasteiger partial charge in [0.1, 0.15) is 0 Å². The summed E-state index contributed by atoms with van der Waals surface area (Å²) in [7, 11) is 0. The van der Waals surface area contributed by atoms with E-state index >= 15 is 0 Å². The highest BCUT2D eigenvalue weighted by molar-refractivity contribution is 7.79. The fourth-order valence-electron chi connectivity index (χ4n) is 0.151. The van der Waals surface area contributed by atoms with Gasteiger partial charge in [0.2, 0.25) is 5.78 Å². The first kappa shape index (κ1) is 16.2. The second-order valence-corrected chi connectivity index (χ2v) is 1.08. The Morgan fingerprint density at radius 2 is 1.70 bits per heavy atom. The molecule has 0 unspecified atom stereocenters. The summed E-state index contributed by atoms with van der Waals surface area (Å²) in [6.45, 7) is 1.51. The average Bonchev–Trinajstić information content (AvgIpc) is 1.91. The lowest BCUT2D eigenvalue weighted by atomic mass is 10.3. The van der Waals surface area contributed by atoms with Crippen LogP contribution in [-0.4, -0.2) is 23.1 Å². The van der Waals surface area contributed by atoms with Crippen molar-refractivity contribution >= 4 is 24.4 Å². The first-order chi connectivity index (χ1) is 4.18. The van der Waals surface area contributed by atoms with Crippen molar-refractivity contribution in [2.24, 2.45) is 0 Å². The molecule has 62 valence electrons. The van der Waals surface area contributed by atoms with Crippen LogP contribution >= 0.6 is 12.6 Å². The molecule has 0 spiro atoms. The Labute approximate surface area is 65.6 Å². The highest BCUT2D eigenvalue weighted by atomic mass is 32.1. The lowest BCUT2D eigenvalue weighted by Crippen LogP contribution is -2.09. The molecule has 5 heteroatoms. The lowest BCUT2D eigenvalue weighted by molar-refractivity contribution is -0.148. The molecule has 0 saturated carbocycles. The number of thiol groups is 1. The van der Waals surface area contributed by atoms with Crippen molar-refractivity contribution in [2.45, 2.75) is 13.3 Å². The third-order valence-electron chi connectivity index (χ3n) is 0.560. The van der Waals surface area contributed by atoms with Crippen molar-refractivity contribution in [1.29, 1.82) is 0 Å². The smallest absolute Gasteiger partial charge is 0.372 e. The molecule has 0 aromatic heterocycles. The molecular weight excluding hydrogens is 154 g/mol. The maximum atomic E-state index is 9.91. The van der Waals surface area contributed by atoms with E-state index in [-0.39, 0.29) is 12.6 Å². The summed E-state index contributed by atoms with van der Waals surface area (Å²) in [6, 6.07) is 0. The second-order valence-electron chi connectivity index (χ2n) is 1.08. The van der Waals surface area contributed by atoms with E-state index in [1.54, 1.807) is 6.26 Å². The minimum Gasteiger partial charge on any atom is -0.476 e. The minimum absolute atomic E-state index is 0. The van der Waals surface area contributed by atoms with Crippen LogP contribution in [0.15, 0.2) is 0 Å². The zero-order valence-corrected chi connectivity index (χ0v) is 7.02. The van der Waals surface area contributed by atoms with Gasteiger partial charge in [0.25, 0.3) is 0 Å². The van der Waals surface area contributed by atoms with E-state index in [2.05, 4.69) is 12.6 Å². The topological polar surface area (TPSA) is 89.4 Å². The Balaban J connectivity index is -0.000000149. The van der Waals surface area contributed by atoms with E-state index < -0.39 is 11.8 Å². The lowest BCUT2D eigenvalue weighted by Gasteiger charge is -1.80. The van der Waals surface area contributed by atoms with Crippen LogP contribution in [0.4, 0.5) is 0 Å². The summed E-state index contributed by atoms with van der Waals surface area (Å²) in [5, 5.41) is 7.83. The SMILES string of the molecule is CCC(=O)C(=O)O.CS.N. The quantitative estimate of drug-likeness (QED) is 0.418. The minimum atomic E-state index is -1.34.